The lowest BCUT2D eigenvalue weighted by molar-refractivity contribution is 0.296. The maximum atomic E-state index is 5.69. The molecule has 15 heavy (non-hydrogen) atoms. The van der Waals surface area contributed by atoms with Gasteiger partial charge < -0.3 is 10.5 Å². The molecule has 0 aliphatic heterocycles. The summed E-state index contributed by atoms with van der Waals surface area (Å²) in [4.78, 5) is 0. The summed E-state index contributed by atoms with van der Waals surface area (Å²) in [7, 11) is 0. The van der Waals surface area contributed by atoms with Crippen molar-refractivity contribution in [3.05, 3.63) is 23.8 Å². The van der Waals surface area contributed by atoms with Gasteiger partial charge >= 0.3 is 0 Å². The van der Waals surface area contributed by atoms with Gasteiger partial charge in [0.15, 0.2) is 0 Å². The number of hydrogen-bond acceptors (Lipinski definition) is 2. The molecule has 1 rings (SSSR count). The molecule has 0 atom stereocenters. The summed E-state index contributed by atoms with van der Waals surface area (Å²) in [5.41, 5.74) is 7.57. The normalized spacial score (nSPS) is 10.7. The Morgan fingerprint density at radius 3 is 2.67 bits per heavy atom. The van der Waals surface area contributed by atoms with E-state index >= 15 is 0 Å². The van der Waals surface area contributed by atoms with Crippen LogP contribution in [0.15, 0.2) is 18.2 Å². The number of hydrogen-bond donors (Lipinski definition) is 1. The van der Waals surface area contributed by atoms with E-state index in [0.717, 1.165) is 35.9 Å². The SMILES string of the molecule is Cc1cc(N)ccc1OCCCC(C)C. The van der Waals surface area contributed by atoms with Crippen LogP contribution in [0.25, 0.3) is 0 Å². The molecule has 0 aliphatic carbocycles. The predicted octanol–water partition coefficient (Wildman–Crippen LogP) is 3.39. The monoisotopic (exact) mass is 207 g/mol. The summed E-state index contributed by atoms with van der Waals surface area (Å²) in [6.07, 6.45) is 2.33. The number of benzene rings is 1. The highest BCUT2D eigenvalue weighted by molar-refractivity contribution is 5.47. The summed E-state index contributed by atoms with van der Waals surface area (Å²) in [6, 6.07) is 5.77. The van der Waals surface area contributed by atoms with Crippen molar-refractivity contribution in [2.75, 3.05) is 12.3 Å². The molecule has 0 heterocycles. The van der Waals surface area contributed by atoms with E-state index in [9.17, 15) is 0 Å². The minimum absolute atomic E-state index is 0.751. The molecule has 2 nitrogen and oxygen atoms in total. The number of nitrogen functional groups attached to an aromatic ring is 1. The van der Waals surface area contributed by atoms with Crippen molar-refractivity contribution in [3.63, 3.8) is 0 Å². The molecule has 0 spiro atoms. The van der Waals surface area contributed by atoms with Crippen LogP contribution in [0, 0.1) is 12.8 Å². The van der Waals surface area contributed by atoms with Crippen molar-refractivity contribution < 1.29 is 4.74 Å². The highest BCUT2D eigenvalue weighted by Gasteiger charge is 2.00. The Kier molecular flexibility index (Phi) is 4.47. The average Bonchev–Trinajstić information content (AvgIpc) is 2.14. The molecule has 2 N–H and O–H groups in total. The van der Waals surface area contributed by atoms with Gasteiger partial charge in [-0.05, 0) is 49.4 Å². The first-order valence-electron chi connectivity index (χ1n) is 5.58. The van der Waals surface area contributed by atoms with Crippen molar-refractivity contribution in [1.82, 2.24) is 0 Å². The molecular weight excluding hydrogens is 186 g/mol. The van der Waals surface area contributed by atoms with Gasteiger partial charge in [0.05, 0.1) is 6.61 Å². The van der Waals surface area contributed by atoms with Crippen LogP contribution in [0.3, 0.4) is 0 Å². The Labute approximate surface area is 92.4 Å². The molecule has 0 radical (unpaired) electrons. The number of nitrogens with two attached hydrogens (primary N) is 1. The van der Waals surface area contributed by atoms with Gasteiger partial charge in [0.2, 0.25) is 0 Å². The number of anilines is 1. The second-order valence-electron chi connectivity index (χ2n) is 4.41. The first kappa shape index (κ1) is 11.9. The van der Waals surface area contributed by atoms with Crippen LogP contribution >= 0.6 is 0 Å². The Morgan fingerprint density at radius 1 is 1.33 bits per heavy atom. The molecule has 0 aromatic heterocycles. The fraction of sp³-hybridized carbons (Fsp3) is 0.538. The lowest BCUT2D eigenvalue weighted by atomic mass is 10.1. The van der Waals surface area contributed by atoms with Gasteiger partial charge in [0.25, 0.3) is 0 Å². The molecule has 0 bridgehead atoms. The number of rotatable bonds is 5. The highest BCUT2D eigenvalue weighted by Crippen LogP contribution is 2.20. The zero-order valence-corrected chi connectivity index (χ0v) is 9.92. The van der Waals surface area contributed by atoms with E-state index in [1.165, 1.54) is 6.42 Å². The van der Waals surface area contributed by atoms with E-state index in [-0.39, 0.29) is 0 Å². The van der Waals surface area contributed by atoms with E-state index in [0.29, 0.717) is 0 Å². The minimum Gasteiger partial charge on any atom is -0.493 e. The standard InChI is InChI=1S/C13H21NO/c1-10(2)5-4-8-15-13-7-6-12(14)9-11(13)3/h6-7,9-10H,4-5,8,14H2,1-3H3. The molecule has 0 saturated carbocycles. The molecule has 0 fully saturated rings. The first-order valence-corrected chi connectivity index (χ1v) is 5.58. The molecule has 0 saturated heterocycles. The summed E-state index contributed by atoms with van der Waals surface area (Å²) < 4.78 is 5.69. The highest BCUT2D eigenvalue weighted by atomic mass is 16.5. The van der Waals surface area contributed by atoms with Crippen LogP contribution in [-0.2, 0) is 0 Å². The first-order chi connectivity index (χ1) is 7.09. The third kappa shape index (κ3) is 4.24. The van der Waals surface area contributed by atoms with Crippen molar-refractivity contribution in [3.8, 4) is 5.75 Å². The van der Waals surface area contributed by atoms with Crippen molar-refractivity contribution in [2.24, 2.45) is 5.92 Å². The molecule has 2 heteroatoms. The van der Waals surface area contributed by atoms with Crippen LogP contribution in [0.5, 0.6) is 5.75 Å². The molecule has 0 unspecified atom stereocenters. The zero-order chi connectivity index (χ0) is 11.3. The Bertz CT molecular complexity index is 307. The largest absolute Gasteiger partial charge is 0.493 e. The van der Waals surface area contributed by atoms with Crippen LogP contribution in [0.4, 0.5) is 5.69 Å². The average molecular weight is 207 g/mol. The summed E-state index contributed by atoms with van der Waals surface area (Å²) in [5, 5.41) is 0. The Morgan fingerprint density at radius 2 is 2.07 bits per heavy atom. The molecule has 0 aliphatic rings. The third-order valence-electron chi connectivity index (χ3n) is 2.38. The topological polar surface area (TPSA) is 35.2 Å². The van der Waals surface area contributed by atoms with Gasteiger partial charge in [-0.15, -0.1) is 0 Å². The van der Waals surface area contributed by atoms with E-state index in [4.69, 9.17) is 10.5 Å². The quantitative estimate of drug-likeness (QED) is 0.593. The molecular formula is C13H21NO. The minimum atomic E-state index is 0.751. The van der Waals surface area contributed by atoms with E-state index < -0.39 is 0 Å². The predicted molar refractivity (Wildman–Crippen MR) is 65.2 cm³/mol. The lowest BCUT2D eigenvalue weighted by Crippen LogP contribution is -2.01. The van der Waals surface area contributed by atoms with E-state index in [2.05, 4.69) is 13.8 Å². The van der Waals surface area contributed by atoms with Gasteiger partial charge in [0.1, 0.15) is 5.75 Å². The van der Waals surface area contributed by atoms with Gasteiger partial charge in [-0.1, -0.05) is 13.8 Å². The second-order valence-corrected chi connectivity index (χ2v) is 4.41. The summed E-state index contributed by atoms with van der Waals surface area (Å²) in [5.74, 6) is 1.70. The summed E-state index contributed by atoms with van der Waals surface area (Å²) >= 11 is 0. The second kappa shape index (κ2) is 5.64. The molecule has 84 valence electrons. The van der Waals surface area contributed by atoms with Crippen molar-refractivity contribution in [1.29, 1.82) is 0 Å². The van der Waals surface area contributed by atoms with Gasteiger partial charge in [-0.25, -0.2) is 0 Å². The van der Waals surface area contributed by atoms with Gasteiger partial charge in [0, 0.05) is 5.69 Å². The van der Waals surface area contributed by atoms with Gasteiger partial charge in [-0.2, -0.15) is 0 Å². The van der Waals surface area contributed by atoms with Crippen LogP contribution in [-0.4, -0.2) is 6.61 Å². The maximum absolute atomic E-state index is 5.69. The zero-order valence-electron chi connectivity index (χ0n) is 9.92. The van der Waals surface area contributed by atoms with E-state index in [1.807, 2.05) is 25.1 Å². The molecule has 1 aromatic carbocycles. The number of ether oxygens (including phenoxy) is 1. The Hall–Kier alpha value is -1.18. The van der Waals surface area contributed by atoms with E-state index in [1.54, 1.807) is 0 Å². The fourth-order valence-corrected chi connectivity index (χ4v) is 1.51. The fourth-order valence-electron chi connectivity index (χ4n) is 1.51. The summed E-state index contributed by atoms with van der Waals surface area (Å²) in [6.45, 7) is 7.28. The maximum Gasteiger partial charge on any atom is 0.122 e. The smallest absolute Gasteiger partial charge is 0.122 e. The van der Waals surface area contributed by atoms with Crippen LogP contribution in [0.1, 0.15) is 32.3 Å². The van der Waals surface area contributed by atoms with Crippen LogP contribution in [0.2, 0.25) is 0 Å². The van der Waals surface area contributed by atoms with Crippen LogP contribution < -0.4 is 10.5 Å². The molecule has 0 amide bonds. The number of aryl methyl sites for hydroxylation is 1. The van der Waals surface area contributed by atoms with Gasteiger partial charge in [-0.3, -0.25) is 0 Å². The third-order valence-corrected chi connectivity index (χ3v) is 2.38. The lowest BCUT2D eigenvalue weighted by Gasteiger charge is -2.10. The molecule has 1 aromatic rings. The Balaban J connectivity index is 2.37. The van der Waals surface area contributed by atoms with Crippen molar-refractivity contribution >= 4 is 5.69 Å². The van der Waals surface area contributed by atoms with Crippen molar-refractivity contribution in [2.45, 2.75) is 33.6 Å².